The fraction of sp³-hybridized carbons (Fsp3) is 0.182. The summed E-state index contributed by atoms with van der Waals surface area (Å²) >= 11 is 1.48. The maximum Gasteiger partial charge on any atom is 0.260 e. The third-order valence-corrected chi connectivity index (χ3v) is 7.94. The summed E-state index contributed by atoms with van der Waals surface area (Å²) in [6, 6.07) is 16.4. The van der Waals surface area contributed by atoms with Crippen molar-refractivity contribution in [2.75, 3.05) is 0 Å². The lowest BCUT2D eigenvalue weighted by Gasteiger charge is -2.06. The Hall–Kier alpha value is -2.81. The molecule has 0 radical (unpaired) electrons. The van der Waals surface area contributed by atoms with Crippen LogP contribution in [0.4, 0.5) is 0 Å². The Kier molecular flexibility index (Phi) is 4.57. The highest BCUT2D eigenvalue weighted by Gasteiger charge is 2.28. The summed E-state index contributed by atoms with van der Waals surface area (Å²) in [5.74, 6) is 0.424. The molecule has 2 heterocycles. The fourth-order valence-electron chi connectivity index (χ4n) is 3.43. The molecule has 152 valence electrons. The van der Waals surface area contributed by atoms with Crippen molar-refractivity contribution >= 4 is 31.6 Å². The van der Waals surface area contributed by atoms with E-state index in [2.05, 4.69) is 14.7 Å². The first-order valence-electron chi connectivity index (χ1n) is 9.64. The summed E-state index contributed by atoms with van der Waals surface area (Å²) in [6.45, 7) is 1.93. The van der Waals surface area contributed by atoms with Crippen LogP contribution in [0.1, 0.15) is 18.4 Å². The average molecular weight is 438 g/mol. The Morgan fingerprint density at radius 3 is 2.40 bits per heavy atom. The Morgan fingerprint density at radius 2 is 1.73 bits per heavy atom. The van der Waals surface area contributed by atoms with Crippen LogP contribution in [0.3, 0.4) is 0 Å². The Bertz CT molecular complexity index is 1400. The Morgan fingerprint density at radius 1 is 1.03 bits per heavy atom. The van der Waals surface area contributed by atoms with Gasteiger partial charge in [-0.25, -0.2) is 18.1 Å². The van der Waals surface area contributed by atoms with Gasteiger partial charge >= 0.3 is 0 Å². The van der Waals surface area contributed by atoms with Crippen LogP contribution < -0.4 is 10.3 Å². The molecule has 4 aromatic rings. The molecule has 6 nitrogen and oxygen atoms in total. The molecule has 0 aliphatic heterocycles. The molecule has 30 heavy (non-hydrogen) atoms. The number of rotatable bonds is 5. The molecular formula is C22H19N3O3S2. The number of nitrogens with one attached hydrogen (secondary N) is 2. The van der Waals surface area contributed by atoms with Gasteiger partial charge in [0.15, 0.2) is 0 Å². The zero-order valence-electron chi connectivity index (χ0n) is 16.2. The second-order valence-electron chi connectivity index (χ2n) is 7.44. The number of benzene rings is 2. The standard InChI is InChI=1S/C22H19N3O3S2/c1-13-18-21(26)23-20(24-22(18)29-19(13)14-5-3-2-4-6-14)15-7-11-17(12-8-15)30(27,28)25-16-9-10-16/h2-8,11-12,16,25H,9-10H2,1H3,(H,23,24,26). The molecule has 0 bridgehead atoms. The number of hydrogen-bond acceptors (Lipinski definition) is 5. The highest BCUT2D eigenvalue weighted by atomic mass is 32.2. The van der Waals surface area contributed by atoms with Crippen LogP contribution in [0.25, 0.3) is 32.0 Å². The molecule has 1 fully saturated rings. The first kappa shape index (κ1) is 19.2. The number of aromatic amines is 1. The molecule has 1 aliphatic rings. The maximum absolute atomic E-state index is 12.8. The molecular weight excluding hydrogens is 418 g/mol. The van der Waals surface area contributed by atoms with Crippen molar-refractivity contribution in [3.63, 3.8) is 0 Å². The van der Waals surface area contributed by atoms with Crippen LogP contribution in [0, 0.1) is 6.92 Å². The third kappa shape index (κ3) is 3.47. The number of fused-ring (bicyclic) bond motifs is 1. The van der Waals surface area contributed by atoms with Crippen molar-refractivity contribution in [2.45, 2.75) is 30.7 Å². The van der Waals surface area contributed by atoms with Gasteiger partial charge in [0.2, 0.25) is 10.0 Å². The Balaban J connectivity index is 1.54. The van der Waals surface area contributed by atoms with Crippen LogP contribution in [0.2, 0.25) is 0 Å². The minimum atomic E-state index is -3.51. The van der Waals surface area contributed by atoms with E-state index in [4.69, 9.17) is 0 Å². The summed E-state index contributed by atoms with van der Waals surface area (Å²) in [5, 5.41) is 0.593. The van der Waals surface area contributed by atoms with Gasteiger partial charge in [-0.05, 0) is 55.2 Å². The molecule has 1 aliphatic carbocycles. The lowest BCUT2D eigenvalue weighted by Crippen LogP contribution is -2.25. The molecule has 0 unspecified atom stereocenters. The van der Waals surface area contributed by atoms with E-state index >= 15 is 0 Å². The van der Waals surface area contributed by atoms with E-state index < -0.39 is 10.0 Å². The lowest BCUT2D eigenvalue weighted by atomic mass is 10.1. The second-order valence-corrected chi connectivity index (χ2v) is 10.1. The van der Waals surface area contributed by atoms with Crippen molar-refractivity contribution < 1.29 is 8.42 Å². The van der Waals surface area contributed by atoms with E-state index in [0.717, 1.165) is 28.8 Å². The molecule has 0 atom stereocenters. The van der Waals surface area contributed by atoms with Gasteiger partial charge in [-0.1, -0.05) is 30.3 Å². The summed E-state index contributed by atoms with van der Waals surface area (Å²) in [5.41, 5.74) is 2.43. The van der Waals surface area contributed by atoms with E-state index in [9.17, 15) is 13.2 Å². The normalized spacial score (nSPS) is 14.3. The van der Waals surface area contributed by atoms with Crippen molar-refractivity contribution in [3.05, 3.63) is 70.5 Å². The largest absolute Gasteiger partial charge is 0.306 e. The highest BCUT2D eigenvalue weighted by molar-refractivity contribution is 7.89. The first-order chi connectivity index (χ1) is 14.4. The predicted molar refractivity (Wildman–Crippen MR) is 119 cm³/mol. The molecule has 1 saturated carbocycles. The number of aromatic nitrogens is 2. The summed E-state index contributed by atoms with van der Waals surface area (Å²) in [7, 11) is -3.51. The van der Waals surface area contributed by atoms with E-state index in [1.807, 2.05) is 37.3 Å². The van der Waals surface area contributed by atoms with Gasteiger partial charge in [0.25, 0.3) is 5.56 Å². The molecule has 0 amide bonds. The van der Waals surface area contributed by atoms with Crippen molar-refractivity contribution in [1.82, 2.24) is 14.7 Å². The van der Waals surface area contributed by atoms with Crippen LogP contribution in [0.15, 0.2) is 64.3 Å². The van der Waals surface area contributed by atoms with Crippen molar-refractivity contribution in [2.24, 2.45) is 0 Å². The van der Waals surface area contributed by atoms with Crippen molar-refractivity contribution in [1.29, 1.82) is 0 Å². The molecule has 5 rings (SSSR count). The highest BCUT2D eigenvalue weighted by Crippen LogP contribution is 2.36. The number of aryl methyl sites for hydroxylation is 1. The van der Waals surface area contributed by atoms with Crippen LogP contribution >= 0.6 is 11.3 Å². The number of hydrogen-bond donors (Lipinski definition) is 2. The van der Waals surface area contributed by atoms with E-state index in [0.29, 0.717) is 21.6 Å². The van der Waals surface area contributed by atoms with Gasteiger partial charge in [-0.15, -0.1) is 11.3 Å². The van der Waals surface area contributed by atoms with Crippen molar-refractivity contribution in [3.8, 4) is 21.8 Å². The number of thiophene rings is 1. The van der Waals surface area contributed by atoms with Gasteiger partial charge in [0.05, 0.1) is 10.3 Å². The average Bonchev–Trinajstić information content (AvgIpc) is 3.48. The third-order valence-electron chi connectivity index (χ3n) is 5.17. The number of nitrogens with zero attached hydrogens (tertiary/aromatic N) is 1. The molecule has 0 spiro atoms. The molecule has 0 saturated heterocycles. The SMILES string of the molecule is Cc1c(-c2ccccc2)sc2nc(-c3ccc(S(=O)(=O)NC4CC4)cc3)[nH]c(=O)c12. The predicted octanol–water partition coefficient (Wildman–Crippen LogP) is 4.07. The van der Waals surface area contributed by atoms with Gasteiger partial charge in [-0.3, -0.25) is 4.79 Å². The maximum atomic E-state index is 12.8. The first-order valence-corrected chi connectivity index (χ1v) is 11.9. The molecule has 8 heteroatoms. The van der Waals surface area contributed by atoms with Crippen LogP contribution in [0.5, 0.6) is 0 Å². The topological polar surface area (TPSA) is 91.9 Å². The Labute approximate surface area is 177 Å². The quantitative estimate of drug-likeness (QED) is 0.492. The van der Waals surface area contributed by atoms with Crippen LogP contribution in [-0.4, -0.2) is 24.4 Å². The fourth-order valence-corrected chi connectivity index (χ4v) is 5.92. The van der Waals surface area contributed by atoms with E-state index in [1.54, 1.807) is 24.3 Å². The second kappa shape index (κ2) is 7.16. The minimum absolute atomic E-state index is 0.0518. The summed E-state index contributed by atoms with van der Waals surface area (Å²) in [4.78, 5) is 22.2. The summed E-state index contributed by atoms with van der Waals surface area (Å²) in [6.07, 6.45) is 1.77. The molecule has 2 aromatic carbocycles. The lowest BCUT2D eigenvalue weighted by molar-refractivity contribution is 0.581. The van der Waals surface area contributed by atoms with Gasteiger partial charge in [0, 0.05) is 16.5 Å². The smallest absolute Gasteiger partial charge is 0.260 e. The summed E-state index contributed by atoms with van der Waals surface area (Å²) < 4.78 is 27.4. The van der Waals surface area contributed by atoms with E-state index in [-0.39, 0.29) is 16.5 Å². The zero-order valence-corrected chi connectivity index (χ0v) is 17.8. The van der Waals surface area contributed by atoms with Gasteiger partial charge in [0.1, 0.15) is 10.7 Å². The van der Waals surface area contributed by atoms with Crippen LogP contribution in [-0.2, 0) is 10.0 Å². The minimum Gasteiger partial charge on any atom is -0.306 e. The molecule has 2 N–H and O–H groups in total. The number of H-pyrrole nitrogens is 1. The van der Waals surface area contributed by atoms with Gasteiger partial charge < -0.3 is 4.98 Å². The van der Waals surface area contributed by atoms with E-state index in [1.165, 1.54) is 11.3 Å². The molecule has 2 aromatic heterocycles. The monoisotopic (exact) mass is 437 g/mol. The zero-order chi connectivity index (χ0) is 20.9. The number of sulfonamides is 1. The van der Waals surface area contributed by atoms with Gasteiger partial charge in [-0.2, -0.15) is 0 Å².